The van der Waals surface area contributed by atoms with Crippen LogP contribution in [0, 0.1) is 0 Å². The van der Waals surface area contributed by atoms with Crippen LogP contribution < -0.4 is 16.4 Å². The summed E-state index contributed by atoms with van der Waals surface area (Å²) in [5, 5.41) is 15.3. The molecule has 268 valence electrons. The van der Waals surface area contributed by atoms with Crippen molar-refractivity contribution in [3.63, 3.8) is 0 Å². The molecule has 3 atom stereocenters. The van der Waals surface area contributed by atoms with E-state index >= 15 is 0 Å². The molecule has 2 aliphatic rings. The van der Waals surface area contributed by atoms with Crippen molar-refractivity contribution in [2.24, 2.45) is 0 Å². The van der Waals surface area contributed by atoms with Crippen LogP contribution >= 0.6 is 0 Å². The number of aliphatic hydroxyl groups is 1. The van der Waals surface area contributed by atoms with Gasteiger partial charge in [0.2, 0.25) is 11.8 Å². The van der Waals surface area contributed by atoms with Crippen LogP contribution in [-0.2, 0) is 38.8 Å². The molecular formula is C41H49N5O5. The lowest BCUT2D eigenvalue weighted by Gasteiger charge is -2.40. The van der Waals surface area contributed by atoms with Gasteiger partial charge in [-0.3, -0.25) is 19.4 Å². The van der Waals surface area contributed by atoms with Gasteiger partial charge in [-0.15, -0.1) is 0 Å². The second-order valence-electron chi connectivity index (χ2n) is 13.4. The fraction of sp³-hybridized carbons (Fsp3) is 0.366. The van der Waals surface area contributed by atoms with Gasteiger partial charge in [0.1, 0.15) is 0 Å². The predicted molar refractivity (Wildman–Crippen MR) is 198 cm³/mol. The summed E-state index contributed by atoms with van der Waals surface area (Å²) in [5.74, 6) is -0.277. The summed E-state index contributed by atoms with van der Waals surface area (Å²) in [5.41, 5.74) is 12.1. The lowest BCUT2D eigenvalue weighted by Crippen LogP contribution is -2.49. The zero-order valence-electron chi connectivity index (χ0n) is 29.1. The average Bonchev–Trinajstić information content (AvgIpc) is 3.16. The van der Waals surface area contributed by atoms with Crippen LogP contribution in [0.1, 0.15) is 65.9 Å². The van der Waals surface area contributed by atoms with Gasteiger partial charge in [-0.05, 0) is 40.8 Å². The number of hydrogen-bond donors (Lipinski definition) is 4. The van der Waals surface area contributed by atoms with E-state index in [1.807, 2.05) is 60.7 Å². The van der Waals surface area contributed by atoms with Gasteiger partial charge in [0.05, 0.1) is 30.2 Å². The van der Waals surface area contributed by atoms with Crippen LogP contribution in [0.3, 0.4) is 0 Å². The average molecular weight is 692 g/mol. The minimum atomic E-state index is -0.535. The molecule has 0 aromatic heterocycles. The van der Waals surface area contributed by atoms with Crippen molar-refractivity contribution in [3.8, 4) is 0 Å². The molecule has 2 saturated heterocycles. The molecule has 2 heterocycles. The Morgan fingerprint density at radius 3 is 2.10 bits per heavy atom. The smallest absolute Gasteiger partial charge is 0.224 e. The van der Waals surface area contributed by atoms with E-state index in [9.17, 15) is 14.7 Å². The van der Waals surface area contributed by atoms with Crippen molar-refractivity contribution in [2.75, 3.05) is 43.8 Å². The first kappa shape index (κ1) is 36.2. The summed E-state index contributed by atoms with van der Waals surface area (Å²) >= 11 is 0. The van der Waals surface area contributed by atoms with Crippen molar-refractivity contribution < 1.29 is 24.2 Å². The highest BCUT2D eigenvalue weighted by molar-refractivity contribution is 5.93. The van der Waals surface area contributed by atoms with Crippen molar-refractivity contribution >= 4 is 23.2 Å². The Morgan fingerprint density at radius 1 is 0.725 bits per heavy atom. The molecule has 10 nitrogen and oxygen atoms in total. The number of benzene rings is 4. The Kier molecular flexibility index (Phi) is 12.8. The first-order valence-corrected chi connectivity index (χ1v) is 17.9. The summed E-state index contributed by atoms with van der Waals surface area (Å²) in [4.78, 5) is 29.8. The Balaban J connectivity index is 1.00. The molecule has 4 aromatic carbocycles. The maximum atomic E-state index is 12.5. The second-order valence-corrected chi connectivity index (χ2v) is 13.4. The molecular weight excluding hydrogens is 642 g/mol. The number of carbonyl (C=O) groups excluding carboxylic acids is 2. The van der Waals surface area contributed by atoms with E-state index in [2.05, 4.69) is 50.8 Å². The Labute approximate surface area is 300 Å². The number of anilines is 2. The van der Waals surface area contributed by atoms with Gasteiger partial charge in [0.15, 0.2) is 6.29 Å². The van der Waals surface area contributed by atoms with Gasteiger partial charge in [-0.2, -0.15) is 0 Å². The highest BCUT2D eigenvalue weighted by Gasteiger charge is 2.33. The van der Waals surface area contributed by atoms with E-state index < -0.39 is 6.29 Å². The number of hydrogen-bond acceptors (Lipinski definition) is 8. The SMILES string of the molecule is Nc1ccccc1NC(=O)CCCC(=O)NCc1ccc(C2OC(CN3CCN(Cc4ccccc4)CC3)CC(c3ccc(CO)cc3)O2)cc1. The number of para-hydroxylation sites is 2. The van der Waals surface area contributed by atoms with Crippen molar-refractivity contribution in [3.05, 3.63) is 131 Å². The van der Waals surface area contributed by atoms with E-state index in [0.717, 1.165) is 67.9 Å². The van der Waals surface area contributed by atoms with Gasteiger partial charge in [0, 0.05) is 70.6 Å². The number of nitrogens with zero attached hydrogens (tertiary/aromatic N) is 2. The molecule has 0 saturated carbocycles. The maximum absolute atomic E-state index is 12.5. The number of nitrogens with two attached hydrogens (primary N) is 1. The minimum Gasteiger partial charge on any atom is -0.397 e. The molecule has 3 unspecified atom stereocenters. The molecule has 0 spiro atoms. The number of rotatable bonds is 14. The Morgan fingerprint density at radius 2 is 1.37 bits per heavy atom. The van der Waals surface area contributed by atoms with Gasteiger partial charge >= 0.3 is 0 Å². The lowest BCUT2D eigenvalue weighted by atomic mass is 9.99. The van der Waals surface area contributed by atoms with Gasteiger partial charge in [-0.25, -0.2) is 0 Å². The fourth-order valence-electron chi connectivity index (χ4n) is 6.61. The molecule has 6 rings (SSSR count). The molecule has 0 radical (unpaired) electrons. The zero-order chi connectivity index (χ0) is 35.4. The van der Waals surface area contributed by atoms with Gasteiger partial charge < -0.3 is 30.9 Å². The topological polar surface area (TPSA) is 129 Å². The molecule has 51 heavy (non-hydrogen) atoms. The second kappa shape index (κ2) is 18.1. The van der Waals surface area contributed by atoms with Crippen LogP contribution in [0.4, 0.5) is 11.4 Å². The van der Waals surface area contributed by atoms with Crippen LogP contribution in [-0.4, -0.2) is 65.5 Å². The van der Waals surface area contributed by atoms with Gasteiger partial charge in [-0.1, -0.05) is 91.0 Å². The number of amides is 2. The largest absolute Gasteiger partial charge is 0.397 e. The van der Waals surface area contributed by atoms with E-state index in [1.54, 1.807) is 12.1 Å². The highest BCUT2D eigenvalue weighted by atomic mass is 16.7. The zero-order valence-corrected chi connectivity index (χ0v) is 29.1. The highest BCUT2D eigenvalue weighted by Crippen LogP contribution is 2.38. The number of carbonyl (C=O) groups is 2. The molecule has 2 amide bonds. The van der Waals surface area contributed by atoms with Gasteiger partial charge in [0.25, 0.3) is 0 Å². The summed E-state index contributed by atoms with van der Waals surface area (Å²) in [7, 11) is 0. The molecule has 2 aliphatic heterocycles. The lowest BCUT2D eigenvalue weighted by molar-refractivity contribution is -0.253. The van der Waals surface area contributed by atoms with Crippen molar-refractivity contribution in [2.45, 2.75) is 63.9 Å². The van der Waals surface area contributed by atoms with E-state index in [0.29, 0.717) is 24.3 Å². The third kappa shape index (κ3) is 10.7. The molecule has 0 bridgehead atoms. The Bertz CT molecular complexity index is 1690. The molecule has 0 aliphatic carbocycles. The fourth-order valence-corrected chi connectivity index (χ4v) is 6.61. The first-order chi connectivity index (χ1) is 24.9. The third-order valence-electron chi connectivity index (χ3n) is 9.57. The molecule has 5 N–H and O–H groups in total. The van der Waals surface area contributed by atoms with E-state index in [1.165, 1.54) is 5.56 Å². The standard InChI is InChI=1S/C41H49N5O5/c42-36-9-4-5-10-37(36)44-40(49)12-6-11-39(48)43-26-30-13-19-34(20-14-30)41-50-35(25-38(51-41)33-17-15-32(29-47)16-18-33)28-46-23-21-45(22-24-46)27-31-7-2-1-3-8-31/h1-5,7-10,13-20,35,38,41,47H,6,11-12,21-29,42H2,(H,43,48)(H,44,49). The summed E-state index contributed by atoms with van der Waals surface area (Å²) in [6.45, 7) is 6.21. The quantitative estimate of drug-likeness (QED) is 0.127. The number of ether oxygens (including phenoxy) is 2. The van der Waals surface area contributed by atoms with Crippen LogP contribution in [0.25, 0.3) is 0 Å². The Hall–Kier alpha value is -4.58. The third-order valence-corrected chi connectivity index (χ3v) is 9.57. The summed E-state index contributed by atoms with van der Waals surface area (Å²) < 4.78 is 13.2. The van der Waals surface area contributed by atoms with E-state index in [-0.39, 0.29) is 43.5 Å². The maximum Gasteiger partial charge on any atom is 0.224 e. The normalized spacial score (nSPS) is 19.7. The predicted octanol–water partition coefficient (Wildman–Crippen LogP) is 5.55. The minimum absolute atomic E-state index is 0.00502. The van der Waals surface area contributed by atoms with Crippen LogP contribution in [0.2, 0.25) is 0 Å². The van der Waals surface area contributed by atoms with Crippen LogP contribution in [0.5, 0.6) is 0 Å². The van der Waals surface area contributed by atoms with Crippen molar-refractivity contribution in [1.29, 1.82) is 0 Å². The number of aliphatic hydroxyl groups excluding tert-OH is 1. The van der Waals surface area contributed by atoms with E-state index in [4.69, 9.17) is 15.2 Å². The molecule has 10 heteroatoms. The van der Waals surface area contributed by atoms with Crippen LogP contribution in [0.15, 0.2) is 103 Å². The summed E-state index contributed by atoms with van der Waals surface area (Å²) in [6.07, 6.45) is 0.968. The summed E-state index contributed by atoms with van der Waals surface area (Å²) in [6, 6.07) is 33.7. The van der Waals surface area contributed by atoms with Crippen molar-refractivity contribution in [1.82, 2.24) is 15.1 Å². The number of nitrogens with one attached hydrogen (secondary N) is 2. The molecule has 2 fully saturated rings. The first-order valence-electron chi connectivity index (χ1n) is 17.9. The monoisotopic (exact) mass is 691 g/mol. The number of piperazine rings is 1. The molecule has 4 aromatic rings. The number of nitrogen functional groups attached to an aromatic ring is 1.